The van der Waals surface area contributed by atoms with Crippen molar-refractivity contribution in [3.8, 4) is 12.3 Å². The molecule has 0 spiro atoms. The lowest BCUT2D eigenvalue weighted by atomic mass is 10.2. The van der Waals surface area contributed by atoms with Gasteiger partial charge in [-0.1, -0.05) is 11.6 Å². The monoisotopic (exact) mass is 278 g/mol. The zero-order chi connectivity index (χ0) is 13.1. The van der Waals surface area contributed by atoms with Crippen molar-refractivity contribution >= 4 is 44.6 Å². The fourth-order valence-electron chi connectivity index (χ4n) is 1.59. The number of nitrogen functional groups attached to an aromatic ring is 1. The average Bonchev–Trinajstić information content (AvgIpc) is 2.67. The molecule has 5 heteroatoms. The van der Waals surface area contributed by atoms with Crippen molar-refractivity contribution < 1.29 is 4.79 Å². The van der Waals surface area contributed by atoms with Gasteiger partial charge in [-0.2, -0.15) is 0 Å². The Labute approximate surface area is 114 Å². The van der Waals surface area contributed by atoms with Gasteiger partial charge in [-0.25, -0.2) is 0 Å². The molecule has 0 radical (unpaired) electrons. The summed E-state index contributed by atoms with van der Waals surface area (Å²) in [5, 5.41) is 4.15. The SMILES string of the molecule is C#CCCNC(=O)c1sc2ccc(Cl)cc2c1N. The van der Waals surface area contributed by atoms with Crippen LogP contribution in [0.3, 0.4) is 0 Å². The highest BCUT2D eigenvalue weighted by molar-refractivity contribution is 7.21. The topological polar surface area (TPSA) is 55.1 Å². The van der Waals surface area contributed by atoms with Crippen LogP contribution >= 0.6 is 22.9 Å². The maximum absolute atomic E-state index is 11.9. The Kier molecular flexibility index (Phi) is 3.75. The minimum Gasteiger partial charge on any atom is -0.397 e. The fourth-order valence-corrected chi connectivity index (χ4v) is 2.78. The van der Waals surface area contributed by atoms with Gasteiger partial charge in [0.15, 0.2) is 0 Å². The molecule has 0 aliphatic heterocycles. The lowest BCUT2D eigenvalue weighted by Crippen LogP contribution is -2.23. The van der Waals surface area contributed by atoms with Crippen LogP contribution in [0.15, 0.2) is 18.2 Å². The molecule has 1 aromatic carbocycles. The Hall–Kier alpha value is -1.70. The van der Waals surface area contributed by atoms with E-state index in [9.17, 15) is 4.79 Å². The average molecular weight is 279 g/mol. The van der Waals surface area contributed by atoms with E-state index in [0.717, 1.165) is 10.1 Å². The molecule has 2 aromatic rings. The van der Waals surface area contributed by atoms with Crippen molar-refractivity contribution in [2.24, 2.45) is 0 Å². The number of thiophene rings is 1. The van der Waals surface area contributed by atoms with Crippen LogP contribution in [0.1, 0.15) is 16.1 Å². The van der Waals surface area contributed by atoms with Gasteiger partial charge in [-0.05, 0) is 18.2 Å². The first-order chi connectivity index (χ1) is 8.63. The summed E-state index contributed by atoms with van der Waals surface area (Å²) in [4.78, 5) is 12.4. The number of carbonyl (C=O) groups excluding carboxylic acids is 1. The number of benzene rings is 1. The van der Waals surface area contributed by atoms with Crippen LogP contribution in [-0.4, -0.2) is 12.5 Å². The van der Waals surface area contributed by atoms with Crippen LogP contribution in [-0.2, 0) is 0 Å². The number of anilines is 1. The number of hydrogen-bond acceptors (Lipinski definition) is 3. The van der Waals surface area contributed by atoms with E-state index in [2.05, 4.69) is 11.2 Å². The van der Waals surface area contributed by atoms with Gasteiger partial charge in [0.1, 0.15) is 4.88 Å². The molecular formula is C13H11ClN2OS. The summed E-state index contributed by atoms with van der Waals surface area (Å²) >= 11 is 7.26. The van der Waals surface area contributed by atoms with Crippen LogP contribution in [0.2, 0.25) is 5.02 Å². The number of amides is 1. The van der Waals surface area contributed by atoms with E-state index in [1.54, 1.807) is 12.1 Å². The molecule has 3 N–H and O–H groups in total. The van der Waals surface area contributed by atoms with E-state index >= 15 is 0 Å². The minimum absolute atomic E-state index is 0.194. The van der Waals surface area contributed by atoms with E-state index < -0.39 is 0 Å². The van der Waals surface area contributed by atoms with Crippen LogP contribution in [0.5, 0.6) is 0 Å². The number of rotatable bonds is 3. The van der Waals surface area contributed by atoms with Gasteiger partial charge in [0.05, 0.1) is 5.69 Å². The minimum atomic E-state index is -0.194. The van der Waals surface area contributed by atoms with Gasteiger partial charge in [0, 0.05) is 28.1 Å². The van der Waals surface area contributed by atoms with Gasteiger partial charge < -0.3 is 11.1 Å². The largest absolute Gasteiger partial charge is 0.397 e. The number of terminal acetylenes is 1. The smallest absolute Gasteiger partial charge is 0.263 e. The summed E-state index contributed by atoms with van der Waals surface area (Å²) in [6.45, 7) is 0.448. The molecule has 18 heavy (non-hydrogen) atoms. The molecule has 1 heterocycles. The molecule has 0 aliphatic carbocycles. The molecule has 0 atom stereocenters. The fraction of sp³-hybridized carbons (Fsp3) is 0.154. The number of fused-ring (bicyclic) bond motifs is 1. The predicted molar refractivity (Wildman–Crippen MR) is 77.0 cm³/mol. The van der Waals surface area contributed by atoms with Crippen molar-refractivity contribution in [1.82, 2.24) is 5.32 Å². The van der Waals surface area contributed by atoms with E-state index in [0.29, 0.717) is 28.6 Å². The molecular weight excluding hydrogens is 268 g/mol. The zero-order valence-corrected chi connectivity index (χ0v) is 11.1. The highest BCUT2D eigenvalue weighted by Crippen LogP contribution is 2.35. The van der Waals surface area contributed by atoms with E-state index in [1.165, 1.54) is 11.3 Å². The summed E-state index contributed by atoms with van der Waals surface area (Å²) in [7, 11) is 0. The molecule has 3 nitrogen and oxygen atoms in total. The number of nitrogens with two attached hydrogens (primary N) is 1. The number of halogens is 1. The van der Waals surface area contributed by atoms with Gasteiger partial charge >= 0.3 is 0 Å². The highest BCUT2D eigenvalue weighted by Gasteiger charge is 2.15. The summed E-state index contributed by atoms with van der Waals surface area (Å²) in [6.07, 6.45) is 5.63. The molecule has 2 rings (SSSR count). The van der Waals surface area contributed by atoms with Crippen LogP contribution in [0.25, 0.3) is 10.1 Å². The van der Waals surface area contributed by atoms with Crippen molar-refractivity contribution in [3.05, 3.63) is 28.1 Å². The number of nitrogens with one attached hydrogen (secondary N) is 1. The van der Waals surface area contributed by atoms with Gasteiger partial charge in [-0.3, -0.25) is 4.79 Å². The van der Waals surface area contributed by atoms with Gasteiger partial charge in [0.2, 0.25) is 0 Å². The highest BCUT2D eigenvalue weighted by atomic mass is 35.5. The molecule has 0 aliphatic rings. The van der Waals surface area contributed by atoms with E-state index in [-0.39, 0.29) is 5.91 Å². The van der Waals surface area contributed by atoms with Gasteiger partial charge in [0.25, 0.3) is 5.91 Å². The first-order valence-corrected chi connectivity index (χ1v) is 6.52. The summed E-state index contributed by atoms with van der Waals surface area (Å²) in [6, 6.07) is 5.40. The summed E-state index contributed by atoms with van der Waals surface area (Å²) in [5.41, 5.74) is 6.43. The van der Waals surface area contributed by atoms with Crippen LogP contribution in [0.4, 0.5) is 5.69 Å². The van der Waals surface area contributed by atoms with Crippen molar-refractivity contribution in [2.45, 2.75) is 6.42 Å². The predicted octanol–water partition coefficient (Wildman–Crippen LogP) is 2.89. The Bertz CT molecular complexity index is 642. The lowest BCUT2D eigenvalue weighted by molar-refractivity contribution is 0.0959. The Balaban J connectivity index is 2.31. The van der Waals surface area contributed by atoms with E-state index in [4.69, 9.17) is 23.8 Å². The quantitative estimate of drug-likeness (QED) is 0.670. The summed E-state index contributed by atoms with van der Waals surface area (Å²) < 4.78 is 0.944. The lowest BCUT2D eigenvalue weighted by Gasteiger charge is -2.01. The number of carbonyl (C=O) groups is 1. The maximum Gasteiger partial charge on any atom is 0.263 e. The molecule has 0 bridgehead atoms. The Morgan fingerprint density at radius 2 is 2.33 bits per heavy atom. The Morgan fingerprint density at radius 1 is 1.56 bits per heavy atom. The van der Waals surface area contributed by atoms with E-state index in [1.807, 2.05) is 6.07 Å². The second-order valence-electron chi connectivity index (χ2n) is 3.70. The molecule has 0 saturated heterocycles. The van der Waals surface area contributed by atoms with Gasteiger partial charge in [-0.15, -0.1) is 23.7 Å². The third-order valence-electron chi connectivity index (χ3n) is 2.45. The third kappa shape index (κ3) is 2.42. The molecule has 0 fully saturated rings. The molecule has 92 valence electrons. The second kappa shape index (κ2) is 5.30. The van der Waals surface area contributed by atoms with Crippen LogP contribution in [0, 0.1) is 12.3 Å². The molecule has 0 saturated carbocycles. The zero-order valence-electron chi connectivity index (χ0n) is 9.50. The standard InChI is InChI=1S/C13H11ClN2OS/c1-2-3-6-16-13(17)12-11(15)9-7-8(14)4-5-10(9)18-12/h1,4-5,7H,3,6,15H2,(H,16,17). The first kappa shape index (κ1) is 12.7. The normalized spacial score (nSPS) is 10.2. The van der Waals surface area contributed by atoms with Crippen molar-refractivity contribution in [1.29, 1.82) is 0 Å². The van der Waals surface area contributed by atoms with Crippen molar-refractivity contribution in [3.63, 3.8) is 0 Å². The second-order valence-corrected chi connectivity index (χ2v) is 5.18. The van der Waals surface area contributed by atoms with Crippen LogP contribution < -0.4 is 11.1 Å². The third-order valence-corrected chi connectivity index (χ3v) is 3.87. The number of hydrogen-bond donors (Lipinski definition) is 2. The Morgan fingerprint density at radius 3 is 3.06 bits per heavy atom. The molecule has 1 aromatic heterocycles. The summed E-state index contributed by atoms with van der Waals surface area (Å²) in [5.74, 6) is 2.27. The molecule has 0 unspecified atom stereocenters. The molecule has 1 amide bonds. The maximum atomic E-state index is 11.9. The van der Waals surface area contributed by atoms with Crippen molar-refractivity contribution in [2.75, 3.05) is 12.3 Å². The first-order valence-electron chi connectivity index (χ1n) is 5.32.